The lowest BCUT2D eigenvalue weighted by atomic mass is 9.92. The molecule has 4 N–H and O–H groups in total. The van der Waals surface area contributed by atoms with Crippen LogP contribution in [0.1, 0.15) is 17.0 Å². The van der Waals surface area contributed by atoms with Crippen molar-refractivity contribution in [1.82, 2.24) is 0 Å². The molecule has 18 heavy (non-hydrogen) atoms. The van der Waals surface area contributed by atoms with Crippen LogP contribution in [0.4, 0.5) is 11.4 Å². The maximum absolute atomic E-state index is 5.84. The van der Waals surface area contributed by atoms with Gasteiger partial charge in [0.2, 0.25) is 0 Å². The van der Waals surface area contributed by atoms with Gasteiger partial charge in [-0.15, -0.1) is 0 Å². The summed E-state index contributed by atoms with van der Waals surface area (Å²) in [4.78, 5) is 0. The summed E-state index contributed by atoms with van der Waals surface area (Å²) in [6.07, 6.45) is -0.293. The van der Waals surface area contributed by atoms with Gasteiger partial charge >= 0.3 is 0 Å². The maximum atomic E-state index is 5.84. The molecule has 0 saturated heterocycles. The minimum atomic E-state index is -0.293. The molecule has 2 aliphatic heterocycles. The molecule has 0 spiro atoms. The average Bonchev–Trinajstić information content (AvgIpc) is 2.85. The Morgan fingerprint density at radius 1 is 0.778 bits per heavy atom. The van der Waals surface area contributed by atoms with Crippen molar-refractivity contribution >= 4 is 11.4 Å². The van der Waals surface area contributed by atoms with E-state index in [1.54, 1.807) is 0 Å². The minimum absolute atomic E-state index is 0.0713. The summed E-state index contributed by atoms with van der Waals surface area (Å²) in [6.45, 7) is 0. The van der Waals surface area contributed by atoms with Gasteiger partial charge in [-0.3, -0.25) is 0 Å². The highest BCUT2D eigenvalue weighted by Crippen LogP contribution is 2.50. The molecule has 4 heteroatoms. The van der Waals surface area contributed by atoms with Gasteiger partial charge in [-0.1, -0.05) is 0 Å². The highest BCUT2D eigenvalue weighted by molar-refractivity contribution is 5.60. The van der Waals surface area contributed by atoms with E-state index in [2.05, 4.69) is 0 Å². The third kappa shape index (κ3) is 1.14. The number of hydrogen-bond acceptors (Lipinski definition) is 4. The zero-order chi connectivity index (χ0) is 12.3. The maximum Gasteiger partial charge on any atom is 0.252 e. The predicted molar refractivity (Wildman–Crippen MR) is 68.6 cm³/mol. The van der Waals surface area contributed by atoms with Gasteiger partial charge in [0.1, 0.15) is 11.5 Å². The van der Waals surface area contributed by atoms with Gasteiger partial charge in [-0.05, 0) is 36.4 Å². The molecule has 4 rings (SSSR count). The summed E-state index contributed by atoms with van der Waals surface area (Å²) in [5.41, 5.74) is 15.3. The van der Waals surface area contributed by atoms with E-state index in [-0.39, 0.29) is 12.2 Å². The molecular weight excluding hydrogens is 228 g/mol. The Hall–Kier alpha value is -2.36. The molecule has 2 aromatic rings. The SMILES string of the molecule is Nc1ccc2c(c1)C1c3cc(N)ccc3OC1O2. The minimum Gasteiger partial charge on any atom is -0.454 e. The van der Waals surface area contributed by atoms with Crippen LogP contribution in [0.15, 0.2) is 36.4 Å². The van der Waals surface area contributed by atoms with Gasteiger partial charge in [0.15, 0.2) is 0 Å². The highest BCUT2D eigenvalue weighted by atomic mass is 16.7. The quantitative estimate of drug-likeness (QED) is 0.692. The summed E-state index contributed by atoms with van der Waals surface area (Å²) in [5.74, 6) is 1.75. The molecule has 2 aliphatic rings. The van der Waals surface area contributed by atoms with Gasteiger partial charge < -0.3 is 20.9 Å². The number of benzene rings is 2. The molecule has 0 fully saturated rings. The van der Waals surface area contributed by atoms with E-state index in [1.165, 1.54) is 0 Å². The number of rotatable bonds is 0. The van der Waals surface area contributed by atoms with Gasteiger partial charge in [-0.25, -0.2) is 0 Å². The van der Waals surface area contributed by atoms with Crippen molar-refractivity contribution in [3.05, 3.63) is 47.5 Å². The van der Waals surface area contributed by atoms with Crippen molar-refractivity contribution in [1.29, 1.82) is 0 Å². The van der Waals surface area contributed by atoms with Crippen LogP contribution in [0, 0.1) is 0 Å². The predicted octanol–water partition coefficient (Wildman–Crippen LogP) is 2.09. The van der Waals surface area contributed by atoms with Crippen LogP contribution in [0.5, 0.6) is 11.5 Å². The van der Waals surface area contributed by atoms with Crippen molar-refractivity contribution < 1.29 is 9.47 Å². The molecular formula is C14H12N2O2. The van der Waals surface area contributed by atoms with Crippen LogP contribution in [0.3, 0.4) is 0 Å². The number of hydrogen-bond donors (Lipinski definition) is 2. The van der Waals surface area contributed by atoms with Crippen LogP contribution >= 0.6 is 0 Å². The van der Waals surface area contributed by atoms with Gasteiger partial charge in [0.05, 0.1) is 5.92 Å². The van der Waals surface area contributed by atoms with Gasteiger partial charge in [0.25, 0.3) is 6.29 Å². The summed E-state index contributed by atoms with van der Waals surface area (Å²) < 4.78 is 11.6. The van der Waals surface area contributed by atoms with E-state index in [1.807, 2.05) is 36.4 Å². The highest BCUT2D eigenvalue weighted by Gasteiger charge is 2.43. The zero-order valence-electron chi connectivity index (χ0n) is 9.59. The first-order chi connectivity index (χ1) is 8.72. The molecule has 0 aliphatic carbocycles. The molecule has 0 atom stereocenters. The molecule has 4 nitrogen and oxygen atoms in total. The van der Waals surface area contributed by atoms with E-state index < -0.39 is 0 Å². The number of nitrogen functional groups attached to an aromatic ring is 2. The van der Waals surface area contributed by atoms with Crippen molar-refractivity contribution in [3.63, 3.8) is 0 Å². The van der Waals surface area contributed by atoms with Crippen LogP contribution in [0.25, 0.3) is 0 Å². The molecule has 0 radical (unpaired) electrons. The third-order valence-corrected chi connectivity index (χ3v) is 3.50. The van der Waals surface area contributed by atoms with Gasteiger partial charge in [-0.2, -0.15) is 0 Å². The Labute approximate surface area is 104 Å². The number of fused-ring (bicyclic) bond motifs is 5. The largest absolute Gasteiger partial charge is 0.454 e. The number of nitrogens with two attached hydrogens (primary N) is 2. The van der Waals surface area contributed by atoms with E-state index >= 15 is 0 Å². The molecule has 2 heterocycles. The number of ether oxygens (including phenoxy) is 2. The lowest BCUT2D eigenvalue weighted by Gasteiger charge is -2.08. The average molecular weight is 240 g/mol. The fourth-order valence-corrected chi connectivity index (χ4v) is 2.71. The van der Waals surface area contributed by atoms with Crippen molar-refractivity contribution in [3.8, 4) is 11.5 Å². The monoisotopic (exact) mass is 240 g/mol. The summed E-state index contributed by atoms with van der Waals surface area (Å²) >= 11 is 0. The van der Waals surface area contributed by atoms with Crippen molar-refractivity contribution in [2.24, 2.45) is 0 Å². The standard InChI is InChI=1S/C14H12N2O2/c15-7-1-3-11-9(5-7)13-10-6-8(16)2-4-12(10)18-14(13)17-11/h1-6,13-14H,15-16H2. The Bertz CT molecular complexity index is 599. The van der Waals surface area contributed by atoms with Crippen molar-refractivity contribution in [2.75, 3.05) is 11.5 Å². The van der Waals surface area contributed by atoms with Crippen LogP contribution < -0.4 is 20.9 Å². The lowest BCUT2D eigenvalue weighted by Crippen LogP contribution is -2.19. The Kier molecular flexibility index (Phi) is 1.66. The van der Waals surface area contributed by atoms with Crippen LogP contribution in [-0.4, -0.2) is 6.29 Å². The normalized spacial score (nSPS) is 22.7. The van der Waals surface area contributed by atoms with Crippen molar-refractivity contribution in [2.45, 2.75) is 12.2 Å². The molecule has 0 amide bonds. The van der Waals surface area contributed by atoms with E-state index in [0.29, 0.717) is 0 Å². The summed E-state index contributed by atoms with van der Waals surface area (Å²) in [7, 11) is 0. The fourth-order valence-electron chi connectivity index (χ4n) is 2.71. The first-order valence-electron chi connectivity index (χ1n) is 5.84. The second kappa shape index (κ2) is 3.10. The topological polar surface area (TPSA) is 70.5 Å². The van der Waals surface area contributed by atoms with E-state index in [4.69, 9.17) is 20.9 Å². The summed E-state index contributed by atoms with van der Waals surface area (Å²) in [6, 6.07) is 11.3. The molecule has 0 saturated carbocycles. The zero-order valence-corrected chi connectivity index (χ0v) is 9.59. The number of anilines is 2. The Morgan fingerprint density at radius 3 is 1.78 bits per heavy atom. The molecule has 0 unspecified atom stereocenters. The van der Waals surface area contributed by atoms with E-state index in [0.717, 1.165) is 34.0 Å². The second-order valence-corrected chi connectivity index (χ2v) is 4.68. The van der Waals surface area contributed by atoms with Crippen LogP contribution in [0.2, 0.25) is 0 Å². The van der Waals surface area contributed by atoms with Gasteiger partial charge in [0, 0.05) is 22.5 Å². The fraction of sp³-hybridized carbons (Fsp3) is 0.143. The smallest absolute Gasteiger partial charge is 0.252 e. The third-order valence-electron chi connectivity index (χ3n) is 3.50. The Morgan fingerprint density at radius 2 is 1.28 bits per heavy atom. The molecule has 90 valence electrons. The second-order valence-electron chi connectivity index (χ2n) is 4.68. The molecule has 0 aromatic heterocycles. The first-order valence-corrected chi connectivity index (χ1v) is 5.84. The van der Waals surface area contributed by atoms with E-state index in [9.17, 15) is 0 Å². The molecule has 2 aromatic carbocycles. The molecule has 0 bridgehead atoms. The summed E-state index contributed by atoms with van der Waals surface area (Å²) in [5, 5.41) is 0. The first kappa shape index (κ1) is 9.65. The lowest BCUT2D eigenvalue weighted by molar-refractivity contribution is 0.0330. The van der Waals surface area contributed by atoms with Crippen LogP contribution in [-0.2, 0) is 0 Å². The Balaban J connectivity index is 1.91.